The molecule has 0 radical (unpaired) electrons. The second-order valence-corrected chi connectivity index (χ2v) is 7.58. The fourth-order valence-electron chi connectivity index (χ4n) is 2.30. The molecule has 0 aromatic heterocycles. The highest BCUT2D eigenvalue weighted by atomic mass is 32.2. The molecule has 0 spiro atoms. The first-order valence-corrected chi connectivity index (χ1v) is 9.80. The third kappa shape index (κ3) is 6.26. The van der Waals surface area contributed by atoms with E-state index in [1.54, 1.807) is 31.2 Å². The van der Waals surface area contributed by atoms with Gasteiger partial charge in [-0.1, -0.05) is 37.3 Å². The van der Waals surface area contributed by atoms with Crippen molar-refractivity contribution in [2.75, 3.05) is 18.4 Å². The number of hydrogen-bond acceptors (Lipinski definition) is 3. The summed E-state index contributed by atoms with van der Waals surface area (Å²) in [6, 6.07) is 11.6. The molecule has 2 rings (SSSR count). The molecule has 8 heteroatoms. The summed E-state index contributed by atoms with van der Waals surface area (Å²) in [6.07, 6.45) is 1.94. The largest absolute Gasteiger partial charge is 0.322 e. The highest BCUT2D eigenvalue weighted by Gasteiger charge is 2.22. The van der Waals surface area contributed by atoms with Crippen LogP contribution in [0.4, 0.5) is 14.5 Å². The number of halogens is 2. The maximum Gasteiger partial charge on any atom is 0.239 e. The highest BCUT2D eigenvalue weighted by molar-refractivity contribution is 7.92. The third-order valence-corrected chi connectivity index (χ3v) is 5.10. The lowest BCUT2D eigenvalue weighted by atomic mass is 10.2. The van der Waals surface area contributed by atoms with Crippen LogP contribution in [0.2, 0.25) is 0 Å². The molecule has 1 N–H and O–H groups in total. The van der Waals surface area contributed by atoms with Gasteiger partial charge in [-0.15, -0.1) is 0 Å². The summed E-state index contributed by atoms with van der Waals surface area (Å²) in [5.41, 5.74) is 0.491. The summed E-state index contributed by atoms with van der Waals surface area (Å²) in [5.74, 6) is -2.42. The summed E-state index contributed by atoms with van der Waals surface area (Å²) in [7, 11) is -3.85. The standard InChI is InChI=1S/C19H20F2N2O3S/c1-2-11-23(27(25,26)12-10-15-6-4-3-5-7-15)14-19(24)22-18-9-8-16(20)13-17(18)21/h3-10,12-13H,2,11,14H2,1H3,(H,22,24)/b12-10+. The Morgan fingerprint density at radius 3 is 2.48 bits per heavy atom. The molecule has 0 atom stereocenters. The number of rotatable bonds is 8. The van der Waals surface area contributed by atoms with Crippen LogP contribution < -0.4 is 5.32 Å². The Balaban J connectivity index is 2.11. The van der Waals surface area contributed by atoms with Crippen molar-refractivity contribution in [3.05, 3.63) is 71.1 Å². The smallest absolute Gasteiger partial charge is 0.239 e. The van der Waals surface area contributed by atoms with E-state index in [1.807, 2.05) is 6.07 Å². The van der Waals surface area contributed by atoms with E-state index in [0.29, 0.717) is 18.1 Å². The van der Waals surface area contributed by atoms with Crippen LogP contribution in [0.3, 0.4) is 0 Å². The maximum atomic E-state index is 13.6. The second-order valence-electron chi connectivity index (χ2n) is 5.76. The van der Waals surface area contributed by atoms with Gasteiger partial charge in [-0.3, -0.25) is 4.79 Å². The van der Waals surface area contributed by atoms with Crippen molar-refractivity contribution in [3.63, 3.8) is 0 Å². The van der Waals surface area contributed by atoms with E-state index in [-0.39, 0.29) is 12.2 Å². The van der Waals surface area contributed by atoms with Gasteiger partial charge in [-0.05, 0) is 30.2 Å². The van der Waals surface area contributed by atoms with E-state index in [2.05, 4.69) is 5.32 Å². The molecule has 0 aliphatic heterocycles. The van der Waals surface area contributed by atoms with Crippen molar-refractivity contribution in [2.24, 2.45) is 0 Å². The first-order valence-electron chi connectivity index (χ1n) is 8.30. The molecule has 0 unspecified atom stereocenters. The quantitative estimate of drug-likeness (QED) is 0.744. The van der Waals surface area contributed by atoms with Crippen LogP contribution >= 0.6 is 0 Å². The molecule has 0 saturated heterocycles. The minimum absolute atomic E-state index is 0.126. The maximum absolute atomic E-state index is 13.6. The normalized spacial score (nSPS) is 11.9. The topological polar surface area (TPSA) is 66.5 Å². The number of nitrogens with zero attached hydrogens (tertiary/aromatic N) is 1. The van der Waals surface area contributed by atoms with E-state index in [1.165, 1.54) is 6.08 Å². The van der Waals surface area contributed by atoms with Gasteiger partial charge in [0.2, 0.25) is 15.9 Å². The zero-order valence-electron chi connectivity index (χ0n) is 14.7. The molecule has 0 aliphatic rings. The Bertz CT molecular complexity index is 916. The molecular weight excluding hydrogens is 374 g/mol. The lowest BCUT2D eigenvalue weighted by Crippen LogP contribution is -2.37. The summed E-state index contributed by atoms with van der Waals surface area (Å²) in [4.78, 5) is 12.2. The fourth-order valence-corrected chi connectivity index (χ4v) is 3.54. The van der Waals surface area contributed by atoms with Crippen LogP contribution in [-0.4, -0.2) is 31.7 Å². The van der Waals surface area contributed by atoms with Gasteiger partial charge in [-0.2, -0.15) is 4.31 Å². The number of amides is 1. The first kappa shape index (κ1) is 20.7. The van der Waals surface area contributed by atoms with Crippen molar-refractivity contribution in [3.8, 4) is 0 Å². The number of hydrogen-bond donors (Lipinski definition) is 1. The van der Waals surface area contributed by atoms with Crippen molar-refractivity contribution in [1.29, 1.82) is 0 Å². The van der Waals surface area contributed by atoms with Crippen LogP contribution in [0.1, 0.15) is 18.9 Å². The molecule has 0 fully saturated rings. The Labute approximate surface area is 157 Å². The predicted octanol–water partition coefficient (Wildman–Crippen LogP) is 3.62. The summed E-state index contributed by atoms with van der Waals surface area (Å²) in [6.45, 7) is 1.42. The average molecular weight is 394 g/mol. The number of nitrogens with one attached hydrogen (secondary N) is 1. The zero-order chi connectivity index (χ0) is 19.9. The van der Waals surface area contributed by atoms with Crippen LogP contribution in [0, 0.1) is 11.6 Å². The lowest BCUT2D eigenvalue weighted by molar-refractivity contribution is -0.116. The van der Waals surface area contributed by atoms with Gasteiger partial charge in [0.05, 0.1) is 12.2 Å². The van der Waals surface area contributed by atoms with E-state index in [0.717, 1.165) is 21.8 Å². The Kier molecular flexibility index (Phi) is 7.20. The highest BCUT2D eigenvalue weighted by Crippen LogP contribution is 2.15. The molecule has 27 heavy (non-hydrogen) atoms. The predicted molar refractivity (Wildman–Crippen MR) is 101 cm³/mol. The number of carbonyl (C=O) groups excluding carboxylic acids is 1. The van der Waals surface area contributed by atoms with Gasteiger partial charge in [0.25, 0.3) is 0 Å². The van der Waals surface area contributed by atoms with Crippen LogP contribution in [0.25, 0.3) is 6.08 Å². The molecule has 0 aliphatic carbocycles. The number of sulfonamides is 1. The van der Waals surface area contributed by atoms with Gasteiger partial charge in [0.1, 0.15) is 11.6 Å². The lowest BCUT2D eigenvalue weighted by Gasteiger charge is -2.19. The molecule has 144 valence electrons. The van der Waals surface area contributed by atoms with Crippen molar-refractivity contribution in [2.45, 2.75) is 13.3 Å². The molecule has 0 saturated carbocycles. The second kappa shape index (κ2) is 9.38. The number of benzene rings is 2. The zero-order valence-corrected chi connectivity index (χ0v) is 15.5. The van der Waals surface area contributed by atoms with Crippen molar-refractivity contribution < 1.29 is 22.0 Å². The van der Waals surface area contributed by atoms with Gasteiger partial charge in [-0.25, -0.2) is 17.2 Å². The Hall–Kier alpha value is -2.58. The molecular formula is C19H20F2N2O3S. The molecule has 0 bridgehead atoms. The SMILES string of the molecule is CCCN(CC(=O)Nc1ccc(F)cc1F)S(=O)(=O)/C=C/c1ccccc1. The van der Waals surface area contributed by atoms with Crippen LogP contribution in [-0.2, 0) is 14.8 Å². The monoisotopic (exact) mass is 394 g/mol. The molecule has 1 amide bonds. The third-order valence-electron chi connectivity index (χ3n) is 3.59. The van der Waals surface area contributed by atoms with Gasteiger partial charge in [0, 0.05) is 18.0 Å². The minimum atomic E-state index is -3.85. The van der Waals surface area contributed by atoms with Crippen LogP contribution in [0.15, 0.2) is 53.9 Å². The van der Waals surface area contributed by atoms with E-state index < -0.39 is 34.1 Å². The van der Waals surface area contributed by atoms with Gasteiger partial charge in [0.15, 0.2) is 0 Å². The van der Waals surface area contributed by atoms with E-state index in [9.17, 15) is 22.0 Å². The van der Waals surface area contributed by atoms with E-state index in [4.69, 9.17) is 0 Å². The number of carbonyl (C=O) groups is 1. The molecule has 5 nitrogen and oxygen atoms in total. The molecule has 2 aromatic rings. The molecule has 2 aromatic carbocycles. The van der Waals surface area contributed by atoms with Crippen molar-refractivity contribution in [1.82, 2.24) is 4.31 Å². The van der Waals surface area contributed by atoms with Gasteiger partial charge < -0.3 is 5.32 Å². The first-order chi connectivity index (χ1) is 12.8. The van der Waals surface area contributed by atoms with Crippen molar-refractivity contribution >= 4 is 27.7 Å². The number of anilines is 1. The Morgan fingerprint density at radius 1 is 1.15 bits per heavy atom. The Morgan fingerprint density at radius 2 is 1.85 bits per heavy atom. The average Bonchev–Trinajstić information content (AvgIpc) is 2.63. The van der Waals surface area contributed by atoms with Gasteiger partial charge >= 0.3 is 0 Å². The summed E-state index contributed by atoms with van der Waals surface area (Å²) < 4.78 is 52.6. The summed E-state index contributed by atoms with van der Waals surface area (Å²) >= 11 is 0. The van der Waals surface area contributed by atoms with E-state index >= 15 is 0 Å². The molecule has 0 heterocycles. The summed E-state index contributed by atoms with van der Waals surface area (Å²) in [5, 5.41) is 3.29. The van der Waals surface area contributed by atoms with Crippen LogP contribution in [0.5, 0.6) is 0 Å². The fraction of sp³-hybridized carbons (Fsp3) is 0.211. The minimum Gasteiger partial charge on any atom is -0.322 e.